The van der Waals surface area contributed by atoms with Gasteiger partial charge < -0.3 is 15.0 Å². The lowest BCUT2D eigenvalue weighted by atomic mass is 9.97. The SMILES string of the molecule is CCC1(C)CN(CC2CCOC2)c2ccccc2CN1. The van der Waals surface area contributed by atoms with Crippen molar-refractivity contribution < 1.29 is 4.74 Å². The molecule has 0 radical (unpaired) electrons. The predicted molar refractivity (Wildman–Crippen MR) is 83.1 cm³/mol. The zero-order chi connectivity index (χ0) is 14.0. The highest BCUT2D eigenvalue weighted by atomic mass is 16.5. The van der Waals surface area contributed by atoms with Gasteiger partial charge in [-0.3, -0.25) is 0 Å². The minimum atomic E-state index is 0.193. The normalized spacial score (nSPS) is 30.1. The van der Waals surface area contributed by atoms with Crippen LogP contribution in [-0.4, -0.2) is 31.8 Å². The number of fused-ring (bicyclic) bond motifs is 1. The Hall–Kier alpha value is -1.06. The molecule has 3 heteroatoms. The van der Waals surface area contributed by atoms with Crippen molar-refractivity contribution in [2.75, 3.05) is 31.2 Å². The molecule has 20 heavy (non-hydrogen) atoms. The average Bonchev–Trinajstić information content (AvgIpc) is 2.93. The summed E-state index contributed by atoms with van der Waals surface area (Å²) in [5.41, 5.74) is 3.02. The maximum atomic E-state index is 5.55. The third-order valence-corrected chi connectivity index (χ3v) is 4.86. The second-order valence-electron chi connectivity index (χ2n) is 6.51. The van der Waals surface area contributed by atoms with Gasteiger partial charge in [-0.15, -0.1) is 0 Å². The van der Waals surface area contributed by atoms with Crippen LogP contribution < -0.4 is 10.2 Å². The van der Waals surface area contributed by atoms with Gasteiger partial charge >= 0.3 is 0 Å². The van der Waals surface area contributed by atoms with E-state index >= 15 is 0 Å². The molecule has 1 fully saturated rings. The highest BCUT2D eigenvalue weighted by molar-refractivity contribution is 5.55. The average molecular weight is 274 g/mol. The van der Waals surface area contributed by atoms with Crippen molar-refractivity contribution in [1.82, 2.24) is 5.32 Å². The van der Waals surface area contributed by atoms with E-state index in [-0.39, 0.29) is 5.54 Å². The van der Waals surface area contributed by atoms with Crippen molar-refractivity contribution in [2.45, 2.75) is 38.8 Å². The summed E-state index contributed by atoms with van der Waals surface area (Å²) >= 11 is 0. The maximum Gasteiger partial charge on any atom is 0.0512 e. The van der Waals surface area contributed by atoms with E-state index in [0.29, 0.717) is 5.92 Å². The van der Waals surface area contributed by atoms with Crippen molar-refractivity contribution in [3.05, 3.63) is 29.8 Å². The number of benzene rings is 1. The molecule has 1 saturated heterocycles. The third-order valence-electron chi connectivity index (χ3n) is 4.86. The number of para-hydroxylation sites is 1. The summed E-state index contributed by atoms with van der Waals surface area (Å²) in [5, 5.41) is 3.75. The lowest BCUT2D eigenvalue weighted by Gasteiger charge is -2.35. The van der Waals surface area contributed by atoms with Crippen LogP contribution in [0.15, 0.2) is 24.3 Å². The minimum absolute atomic E-state index is 0.193. The summed E-state index contributed by atoms with van der Waals surface area (Å²) in [7, 11) is 0. The first kappa shape index (κ1) is 13.9. The first-order chi connectivity index (χ1) is 9.70. The molecule has 2 aliphatic heterocycles. The van der Waals surface area contributed by atoms with E-state index in [9.17, 15) is 0 Å². The third kappa shape index (κ3) is 2.84. The summed E-state index contributed by atoms with van der Waals surface area (Å²) in [4.78, 5) is 2.58. The van der Waals surface area contributed by atoms with Gasteiger partial charge in [0.25, 0.3) is 0 Å². The first-order valence-corrected chi connectivity index (χ1v) is 7.86. The van der Waals surface area contributed by atoms with Crippen LogP contribution in [0.25, 0.3) is 0 Å². The zero-order valence-corrected chi connectivity index (χ0v) is 12.7. The second kappa shape index (κ2) is 5.74. The van der Waals surface area contributed by atoms with Gasteiger partial charge in [0.05, 0.1) is 6.61 Å². The molecular weight excluding hydrogens is 248 g/mol. The summed E-state index contributed by atoms with van der Waals surface area (Å²) in [5.74, 6) is 0.683. The van der Waals surface area contributed by atoms with Crippen LogP contribution in [-0.2, 0) is 11.3 Å². The zero-order valence-electron chi connectivity index (χ0n) is 12.7. The van der Waals surface area contributed by atoms with Crippen LogP contribution >= 0.6 is 0 Å². The van der Waals surface area contributed by atoms with E-state index in [4.69, 9.17) is 4.74 Å². The number of hydrogen-bond donors (Lipinski definition) is 1. The van der Waals surface area contributed by atoms with Gasteiger partial charge in [-0.25, -0.2) is 0 Å². The number of anilines is 1. The smallest absolute Gasteiger partial charge is 0.0512 e. The van der Waals surface area contributed by atoms with Crippen LogP contribution in [0.4, 0.5) is 5.69 Å². The molecule has 3 rings (SSSR count). The van der Waals surface area contributed by atoms with Gasteiger partial charge in [0.1, 0.15) is 0 Å². The number of rotatable bonds is 3. The Bertz CT molecular complexity index is 456. The van der Waals surface area contributed by atoms with Gasteiger partial charge in [0, 0.05) is 43.4 Å². The van der Waals surface area contributed by atoms with Crippen molar-refractivity contribution in [3.8, 4) is 0 Å². The summed E-state index contributed by atoms with van der Waals surface area (Å²) in [6, 6.07) is 8.83. The molecule has 3 nitrogen and oxygen atoms in total. The molecule has 0 spiro atoms. The Labute approximate surface area is 122 Å². The van der Waals surface area contributed by atoms with E-state index in [0.717, 1.165) is 39.3 Å². The first-order valence-electron chi connectivity index (χ1n) is 7.86. The molecule has 2 atom stereocenters. The summed E-state index contributed by atoms with van der Waals surface area (Å²) in [6.45, 7) is 9.65. The van der Waals surface area contributed by atoms with Gasteiger partial charge in [-0.05, 0) is 31.4 Å². The monoisotopic (exact) mass is 274 g/mol. The van der Waals surface area contributed by atoms with Gasteiger partial charge in [-0.2, -0.15) is 0 Å². The standard InChI is InChI=1S/C17H26N2O/c1-3-17(2)13-19(11-14-8-9-20-12-14)16-7-5-4-6-15(16)10-18-17/h4-7,14,18H,3,8-13H2,1-2H3. The molecule has 2 aliphatic rings. The van der Waals surface area contributed by atoms with E-state index in [2.05, 4.69) is 48.3 Å². The number of nitrogens with zero attached hydrogens (tertiary/aromatic N) is 1. The number of ether oxygens (including phenoxy) is 1. The fourth-order valence-corrected chi connectivity index (χ4v) is 3.28. The highest BCUT2D eigenvalue weighted by Gasteiger charge is 2.31. The van der Waals surface area contributed by atoms with E-state index in [1.165, 1.54) is 17.7 Å². The topological polar surface area (TPSA) is 24.5 Å². The molecule has 0 saturated carbocycles. The molecule has 1 aromatic carbocycles. The van der Waals surface area contributed by atoms with E-state index in [1.54, 1.807) is 0 Å². The van der Waals surface area contributed by atoms with Gasteiger partial charge in [-0.1, -0.05) is 25.1 Å². The molecule has 0 aromatic heterocycles. The quantitative estimate of drug-likeness (QED) is 0.917. The number of hydrogen-bond acceptors (Lipinski definition) is 3. The van der Waals surface area contributed by atoms with Crippen molar-refractivity contribution in [1.29, 1.82) is 0 Å². The molecule has 0 amide bonds. The van der Waals surface area contributed by atoms with Gasteiger partial charge in [0.15, 0.2) is 0 Å². The lowest BCUT2D eigenvalue weighted by molar-refractivity contribution is 0.186. The Morgan fingerprint density at radius 3 is 3.00 bits per heavy atom. The molecular formula is C17H26N2O. The van der Waals surface area contributed by atoms with Crippen molar-refractivity contribution >= 4 is 5.69 Å². The molecule has 110 valence electrons. The molecule has 1 N–H and O–H groups in total. The lowest BCUT2D eigenvalue weighted by Crippen LogP contribution is -2.49. The second-order valence-corrected chi connectivity index (χ2v) is 6.51. The van der Waals surface area contributed by atoms with E-state index < -0.39 is 0 Å². The van der Waals surface area contributed by atoms with E-state index in [1.807, 2.05) is 0 Å². The Morgan fingerprint density at radius 1 is 1.40 bits per heavy atom. The molecule has 2 heterocycles. The summed E-state index contributed by atoms with van der Waals surface area (Å²) < 4.78 is 5.55. The fraction of sp³-hybridized carbons (Fsp3) is 0.647. The maximum absolute atomic E-state index is 5.55. The van der Waals surface area contributed by atoms with Gasteiger partial charge in [0.2, 0.25) is 0 Å². The fourth-order valence-electron chi connectivity index (χ4n) is 3.28. The predicted octanol–water partition coefficient (Wildman–Crippen LogP) is 2.80. The molecule has 2 unspecified atom stereocenters. The van der Waals surface area contributed by atoms with Crippen LogP contribution in [0.5, 0.6) is 0 Å². The largest absolute Gasteiger partial charge is 0.381 e. The molecule has 1 aromatic rings. The summed E-state index contributed by atoms with van der Waals surface area (Å²) in [6.07, 6.45) is 2.35. The molecule has 0 bridgehead atoms. The van der Waals surface area contributed by atoms with Crippen molar-refractivity contribution in [2.24, 2.45) is 5.92 Å². The highest BCUT2D eigenvalue weighted by Crippen LogP contribution is 2.29. The van der Waals surface area contributed by atoms with Crippen molar-refractivity contribution in [3.63, 3.8) is 0 Å². The minimum Gasteiger partial charge on any atom is -0.381 e. The van der Waals surface area contributed by atoms with Crippen LogP contribution in [0.2, 0.25) is 0 Å². The van der Waals surface area contributed by atoms with Crippen LogP contribution in [0.1, 0.15) is 32.3 Å². The van der Waals surface area contributed by atoms with Crippen LogP contribution in [0.3, 0.4) is 0 Å². The van der Waals surface area contributed by atoms with Crippen LogP contribution in [0, 0.1) is 5.92 Å². The Morgan fingerprint density at radius 2 is 2.25 bits per heavy atom. The Kier molecular flexibility index (Phi) is 3.99. The Balaban J connectivity index is 1.86. The molecule has 0 aliphatic carbocycles. The number of nitrogens with one attached hydrogen (secondary N) is 1.